The van der Waals surface area contributed by atoms with E-state index < -0.39 is 0 Å². The lowest BCUT2D eigenvalue weighted by atomic mass is 10.0. The number of anilines is 1. The molecule has 0 bridgehead atoms. The van der Waals surface area contributed by atoms with E-state index in [0.29, 0.717) is 51.4 Å². The highest BCUT2D eigenvalue weighted by atomic mass is 16.5. The first-order chi connectivity index (χ1) is 19.9. The molecule has 2 atom stereocenters. The van der Waals surface area contributed by atoms with Crippen LogP contribution in [0.3, 0.4) is 0 Å². The fourth-order valence-corrected chi connectivity index (χ4v) is 6.43. The van der Waals surface area contributed by atoms with Gasteiger partial charge in [-0.05, 0) is 56.6 Å². The molecule has 1 aromatic carbocycles. The number of piperazine rings is 1. The van der Waals surface area contributed by atoms with Crippen LogP contribution in [0, 0.1) is 18.3 Å². The highest BCUT2D eigenvalue weighted by Crippen LogP contribution is 2.34. The predicted octanol–water partition coefficient (Wildman–Crippen LogP) is 2.77. The van der Waals surface area contributed by atoms with Crippen LogP contribution in [0.25, 0.3) is 10.9 Å². The van der Waals surface area contributed by atoms with Gasteiger partial charge < -0.3 is 19.4 Å². The number of likely N-dealkylation sites (tertiary alicyclic amines) is 1. The third-order valence-corrected chi connectivity index (χ3v) is 8.80. The number of ether oxygens (including phenoxy) is 1. The van der Waals surface area contributed by atoms with Crippen molar-refractivity contribution in [1.29, 1.82) is 5.26 Å². The molecule has 41 heavy (non-hydrogen) atoms. The van der Waals surface area contributed by atoms with E-state index in [1.807, 2.05) is 6.20 Å². The predicted molar refractivity (Wildman–Crippen MR) is 155 cm³/mol. The van der Waals surface area contributed by atoms with Gasteiger partial charge in [-0.3, -0.25) is 14.8 Å². The Bertz CT molecular complexity index is 1500. The van der Waals surface area contributed by atoms with Gasteiger partial charge >= 0.3 is 6.01 Å². The average Bonchev–Trinajstić information content (AvgIpc) is 3.72. The van der Waals surface area contributed by atoms with Gasteiger partial charge in [-0.15, -0.1) is 0 Å². The highest BCUT2D eigenvalue weighted by molar-refractivity contribution is 5.87. The molecule has 2 unspecified atom stereocenters. The molecule has 2 fully saturated rings. The number of likely N-dealkylation sites (N-methyl/N-ethyl adjacent to an activating group) is 1. The molecule has 6 rings (SSSR count). The van der Waals surface area contributed by atoms with Gasteiger partial charge in [0.2, 0.25) is 5.91 Å². The fraction of sp³-hybridized carbons (Fsp3) is 0.500. The van der Waals surface area contributed by atoms with Crippen LogP contribution in [-0.4, -0.2) is 92.7 Å². The molecule has 1 amide bonds. The number of benzene rings is 1. The van der Waals surface area contributed by atoms with E-state index in [2.05, 4.69) is 63.6 Å². The van der Waals surface area contributed by atoms with Crippen LogP contribution < -0.4 is 9.64 Å². The summed E-state index contributed by atoms with van der Waals surface area (Å²) in [6.07, 6.45) is 5.76. The monoisotopic (exact) mass is 555 g/mol. The highest BCUT2D eigenvalue weighted by Gasteiger charge is 2.34. The minimum absolute atomic E-state index is 0.141. The number of hydrogen-bond donors (Lipinski definition) is 1. The number of nitrogens with zero attached hydrogens (tertiary/aromatic N) is 8. The van der Waals surface area contributed by atoms with Crippen molar-refractivity contribution in [3.8, 4) is 12.1 Å². The van der Waals surface area contributed by atoms with Crippen molar-refractivity contribution < 1.29 is 9.53 Å². The fourth-order valence-electron chi connectivity index (χ4n) is 6.43. The summed E-state index contributed by atoms with van der Waals surface area (Å²) in [6.45, 7) is 11.2. The molecule has 11 nitrogen and oxygen atoms in total. The lowest BCUT2D eigenvalue weighted by Crippen LogP contribution is -2.55. The number of fused-ring (bicyclic) bond motifs is 2. The number of aromatic amines is 1. The largest absolute Gasteiger partial charge is 0.462 e. The Morgan fingerprint density at radius 3 is 2.90 bits per heavy atom. The Hall–Kier alpha value is -4.01. The molecule has 3 aliphatic heterocycles. The van der Waals surface area contributed by atoms with Crippen LogP contribution in [0.15, 0.2) is 31.0 Å². The second-order valence-corrected chi connectivity index (χ2v) is 11.4. The Morgan fingerprint density at radius 1 is 1.24 bits per heavy atom. The summed E-state index contributed by atoms with van der Waals surface area (Å²) in [7, 11) is 2.13. The van der Waals surface area contributed by atoms with Crippen molar-refractivity contribution in [1.82, 2.24) is 34.9 Å². The Kier molecular flexibility index (Phi) is 7.60. The molecule has 0 aliphatic carbocycles. The zero-order valence-corrected chi connectivity index (χ0v) is 23.8. The lowest BCUT2D eigenvalue weighted by Gasteiger charge is -2.41. The second kappa shape index (κ2) is 11.5. The maximum Gasteiger partial charge on any atom is 0.318 e. The number of nitriles is 1. The Labute approximate surface area is 240 Å². The number of carbonyl (C=O) groups excluding carboxylic acids is 1. The molecular weight excluding hydrogens is 518 g/mol. The Morgan fingerprint density at radius 2 is 2.12 bits per heavy atom. The molecule has 0 saturated carbocycles. The number of aromatic nitrogens is 4. The molecule has 11 heteroatoms. The van der Waals surface area contributed by atoms with Gasteiger partial charge in [0.15, 0.2) is 0 Å². The maximum atomic E-state index is 12.5. The molecule has 0 radical (unpaired) electrons. The average molecular weight is 556 g/mol. The number of carbonyl (C=O) groups is 1. The molecular formula is C30H37N9O2. The van der Waals surface area contributed by atoms with E-state index >= 15 is 0 Å². The Balaban J connectivity index is 1.29. The molecule has 0 spiro atoms. The van der Waals surface area contributed by atoms with Gasteiger partial charge in [-0.2, -0.15) is 20.3 Å². The first kappa shape index (κ1) is 27.2. The quantitative estimate of drug-likeness (QED) is 0.419. The number of aryl methyl sites for hydroxylation is 1. The summed E-state index contributed by atoms with van der Waals surface area (Å²) in [4.78, 5) is 31.1. The first-order valence-electron chi connectivity index (χ1n) is 14.4. The maximum absolute atomic E-state index is 12.5. The van der Waals surface area contributed by atoms with Gasteiger partial charge in [-0.25, -0.2) is 0 Å². The van der Waals surface area contributed by atoms with Crippen LogP contribution in [0.4, 0.5) is 5.82 Å². The topological polar surface area (TPSA) is 118 Å². The van der Waals surface area contributed by atoms with Crippen LogP contribution >= 0.6 is 0 Å². The van der Waals surface area contributed by atoms with Crippen LogP contribution in [-0.2, 0) is 24.4 Å². The molecule has 214 valence electrons. The number of H-pyrrole nitrogens is 1. The van der Waals surface area contributed by atoms with Crippen LogP contribution in [0.2, 0.25) is 0 Å². The zero-order valence-electron chi connectivity index (χ0n) is 23.8. The van der Waals surface area contributed by atoms with E-state index in [1.165, 1.54) is 23.6 Å². The summed E-state index contributed by atoms with van der Waals surface area (Å²) in [5, 5.41) is 18.0. The van der Waals surface area contributed by atoms with E-state index in [9.17, 15) is 10.1 Å². The first-order valence-corrected chi connectivity index (χ1v) is 14.4. The standard InChI is InChI=1S/C30H37N9O2/c1-4-28(40)39-13-12-38(15-21(39)9-10-31)29-25-17-37(16-24-20(2)7-8-26-23(24)14-32-35-26)18-27(25)33-30(34-29)41-19-22-6-5-11-36(22)3/h4,7-8,14,21-22H,1,5-6,9,11-13,15-19H2,2-3H3,(H,32,35). The van der Waals surface area contributed by atoms with Crippen LogP contribution in [0.1, 0.15) is 41.6 Å². The van der Waals surface area contributed by atoms with Gasteiger partial charge in [0.25, 0.3) is 0 Å². The van der Waals surface area contributed by atoms with E-state index in [-0.39, 0.29) is 18.4 Å². The van der Waals surface area contributed by atoms with Gasteiger partial charge in [0, 0.05) is 56.3 Å². The number of nitrogens with one attached hydrogen (secondary N) is 1. The minimum Gasteiger partial charge on any atom is -0.462 e. The summed E-state index contributed by atoms with van der Waals surface area (Å²) in [5.41, 5.74) is 5.58. The number of rotatable bonds is 8. The molecule has 2 aromatic heterocycles. The van der Waals surface area contributed by atoms with Gasteiger partial charge in [0.05, 0.1) is 35.9 Å². The molecule has 3 aliphatic rings. The molecule has 5 heterocycles. The summed E-state index contributed by atoms with van der Waals surface area (Å²) < 4.78 is 6.24. The van der Waals surface area contributed by atoms with E-state index in [1.54, 1.807) is 4.90 Å². The number of amides is 1. The third-order valence-electron chi connectivity index (χ3n) is 8.80. The van der Waals surface area contributed by atoms with Crippen molar-refractivity contribution in [2.45, 2.75) is 57.9 Å². The van der Waals surface area contributed by atoms with Gasteiger partial charge in [0.1, 0.15) is 12.4 Å². The molecule has 3 aromatic rings. The molecule has 1 N–H and O–H groups in total. The van der Waals surface area contributed by atoms with Crippen molar-refractivity contribution in [2.24, 2.45) is 0 Å². The zero-order chi connectivity index (χ0) is 28.5. The van der Waals surface area contributed by atoms with Crippen molar-refractivity contribution in [2.75, 3.05) is 44.7 Å². The lowest BCUT2D eigenvalue weighted by molar-refractivity contribution is -0.128. The SMILES string of the molecule is C=CC(=O)N1CCN(c2nc(OCC3CCCN3C)nc3c2CN(Cc2c(C)ccc4[nH]ncc24)C3)CC1CC#N. The van der Waals surface area contributed by atoms with Crippen molar-refractivity contribution in [3.63, 3.8) is 0 Å². The smallest absolute Gasteiger partial charge is 0.318 e. The summed E-state index contributed by atoms with van der Waals surface area (Å²) in [6, 6.07) is 6.99. The van der Waals surface area contributed by atoms with E-state index in [4.69, 9.17) is 14.7 Å². The van der Waals surface area contributed by atoms with E-state index in [0.717, 1.165) is 47.5 Å². The molecule has 2 saturated heterocycles. The number of hydrogen-bond acceptors (Lipinski definition) is 9. The normalized spacial score (nSPS) is 21.3. The minimum atomic E-state index is -0.236. The third kappa shape index (κ3) is 5.37. The van der Waals surface area contributed by atoms with Gasteiger partial charge in [-0.1, -0.05) is 12.6 Å². The second-order valence-electron chi connectivity index (χ2n) is 11.4. The van der Waals surface area contributed by atoms with Crippen molar-refractivity contribution in [3.05, 3.63) is 53.4 Å². The van der Waals surface area contributed by atoms with Crippen molar-refractivity contribution >= 4 is 22.6 Å². The van der Waals surface area contributed by atoms with Crippen LogP contribution in [0.5, 0.6) is 6.01 Å². The summed E-state index contributed by atoms with van der Waals surface area (Å²) >= 11 is 0. The summed E-state index contributed by atoms with van der Waals surface area (Å²) in [5.74, 6) is 0.705.